The highest BCUT2D eigenvalue weighted by Crippen LogP contribution is 2.31. The Kier molecular flexibility index (Phi) is 5.62. The van der Waals surface area contributed by atoms with Crippen LogP contribution in [0.15, 0.2) is 35.3 Å². The van der Waals surface area contributed by atoms with Crippen molar-refractivity contribution < 1.29 is 9.47 Å². The molecule has 5 rings (SSSR count). The molecule has 3 aromatic rings. The van der Waals surface area contributed by atoms with Crippen LogP contribution in [0.3, 0.4) is 0 Å². The highest BCUT2D eigenvalue weighted by molar-refractivity contribution is 5.62. The predicted octanol–water partition coefficient (Wildman–Crippen LogP) is 2.91. The van der Waals surface area contributed by atoms with E-state index in [4.69, 9.17) is 9.47 Å². The van der Waals surface area contributed by atoms with Crippen LogP contribution in [0.1, 0.15) is 30.5 Å². The van der Waals surface area contributed by atoms with Crippen LogP contribution in [0, 0.1) is 6.92 Å². The summed E-state index contributed by atoms with van der Waals surface area (Å²) in [5.41, 5.74) is 2.85. The molecule has 166 valence electrons. The van der Waals surface area contributed by atoms with Gasteiger partial charge in [0.05, 0.1) is 11.4 Å². The van der Waals surface area contributed by atoms with Gasteiger partial charge in [-0.3, -0.25) is 9.78 Å². The van der Waals surface area contributed by atoms with Crippen molar-refractivity contribution in [1.82, 2.24) is 19.9 Å². The molecule has 9 nitrogen and oxygen atoms in total. The van der Waals surface area contributed by atoms with E-state index < -0.39 is 0 Å². The smallest absolute Gasteiger partial charge is 0.252 e. The fourth-order valence-corrected chi connectivity index (χ4v) is 4.02. The molecule has 0 atom stereocenters. The first-order chi connectivity index (χ1) is 15.7. The van der Waals surface area contributed by atoms with Crippen LogP contribution in [0.5, 0.6) is 11.5 Å². The van der Waals surface area contributed by atoms with Gasteiger partial charge in [-0.15, -0.1) is 0 Å². The average molecular weight is 435 g/mol. The first-order valence-corrected chi connectivity index (χ1v) is 11.0. The summed E-state index contributed by atoms with van der Waals surface area (Å²) in [6.45, 7) is 5.47. The first-order valence-electron chi connectivity index (χ1n) is 11.0. The molecule has 2 aromatic heterocycles. The van der Waals surface area contributed by atoms with E-state index in [1.165, 1.54) is 12.5 Å². The van der Waals surface area contributed by atoms with Crippen LogP contribution >= 0.6 is 0 Å². The van der Waals surface area contributed by atoms with Crippen LogP contribution < -0.4 is 25.2 Å². The lowest BCUT2D eigenvalue weighted by Crippen LogP contribution is -2.31. The molecular formula is C23H26N6O3. The third-order valence-electron chi connectivity index (χ3n) is 5.69. The van der Waals surface area contributed by atoms with Gasteiger partial charge in [0.15, 0.2) is 11.5 Å². The number of anilines is 2. The van der Waals surface area contributed by atoms with Gasteiger partial charge < -0.3 is 19.7 Å². The third kappa shape index (κ3) is 4.37. The Morgan fingerprint density at radius 2 is 1.88 bits per heavy atom. The Morgan fingerprint density at radius 1 is 1.06 bits per heavy atom. The number of hydrogen-bond acceptors (Lipinski definition) is 8. The zero-order valence-corrected chi connectivity index (χ0v) is 18.1. The molecule has 1 saturated heterocycles. The zero-order valence-electron chi connectivity index (χ0n) is 18.1. The number of aromatic nitrogens is 4. The molecular weight excluding hydrogens is 408 g/mol. The van der Waals surface area contributed by atoms with Gasteiger partial charge in [0.25, 0.3) is 5.56 Å². The van der Waals surface area contributed by atoms with Gasteiger partial charge in [-0.05, 0) is 43.9 Å². The molecule has 2 N–H and O–H groups in total. The molecule has 0 spiro atoms. The average Bonchev–Trinajstić information content (AvgIpc) is 2.83. The SMILES string of the molecule is Cc1nc(N2CCCCC2)ncc1-c1cc(=O)[nH]c(NCc2ccc3c(c2)OCCO3)n1. The lowest BCUT2D eigenvalue weighted by Gasteiger charge is -2.26. The number of ether oxygens (including phenoxy) is 2. The van der Waals surface area contributed by atoms with Gasteiger partial charge in [0, 0.05) is 37.5 Å². The van der Waals surface area contributed by atoms with Crippen LogP contribution in [-0.4, -0.2) is 46.2 Å². The Balaban J connectivity index is 1.34. The van der Waals surface area contributed by atoms with Crippen LogP contribution in [0.25, 0.3) is 11.3 Å². The summed E-state index contributed by atoms with van der Waals surface area (Å²) >= 11 is 0. The number of hydrogen-bond donors (Lipinski definition) is 2. The molecule has 9 heteroatoms. The number of fused-ring (bicyclic) bond motifs is 1. The third-order valence-corrected chi connectivity index (χ3v) is 5.69. The molecule has 4 heterocycles. The maximum absolute atomic E-state index is 12.3. The van der Waals surface area contributed by atoms with E-state index in [0.717, 1.165) is 60.2 Å². The number of rotatable bonds is 5. The molecule has 0 bridgehead atoms. The Bertz CT molecular complexity index is 1170. The maximum atomic E-state index is 12.3. The fourth-order valence-electron chi connectivity index (χ4n) is 4.02. The van der Waals surface area contributed by atoms with Crippen molar-refractivity contribution in [2.45, 2.75) is 32.7 Å². The monoisotopic (exact) mass is 434 g/mol. The normalized spacial score (nSPS) is 15.5. The second kappa shape index (κ2) is 8.86. The van der Waals surface area contributed by atoms with Crippen LogP contribution in [0.2, 0.25) is 0 Å². The Hall–Kier alpha value is -3.62. The molecule has 1 aromatic carbocycles. The van der Waals surface area contributed by atoms with Gasteiger partial charge in [0.2, 0.25) is 11.9 Å². The number of nitrogens with zero attached hydrogens (tertiary/aromatic N) is 4. The Labute approximate surface area is 185 Å². The van der Waals surface area contributed by atoms with E-state index >= 15 is 0 Å². The van der Waals surface area contributed by atoms with E-state index in [-0.39, 0.29) is 5.56 Å². The number of aromatic amines is 1. The quantitative estimate of drug-likeness (QED) is 0.632. The minimum Gasteiger partial charge on any atom is -0.486 e. The second-order valence-corrected chi connectivity index (χ2v) is 8.03. The van der Waals surface area contributed by atoms with Gasteiger partial charge in [-0.2, -0.15) is 0 Å². The summed E-state index contributed by atoms with van der Waals surface area (Å²) in [5, 5.41) is 3.19. The number of H-pyrrole nitrogens is 1. The van der Waals surface area contributed by atoms with E-state index in [2.05, 4.69) is 30.2 Å². The van der Waals surface area contributed by atoms with E-state index in [0.29, 0.717) is 31.4 Å². The highest BCUT2D eigenvalue weighted by Gasteiger charge is 2.16. The molecule has 2 aliphatic heterocycles. The summed E-state index contributed by atoms with van der Waals surface area (Å²) in [6, 6.07) is 7.25. The molecule has 2 aliphatic rings. The lowest BCUT2D eigenvalue weighted by molar-refractivity contribution is 0.171. The van der Waals surface area contributed by atoms with E-state index in [1.807, 2.05) is 25.1 Å². The number of nitrogens with one attached hydrogen (secondary N) is 2. The molecule has 0 saturated carbocycles. The number of piperidine rings is 1. The number of aryl methyl sites for hydroxylation is 1. The first kappa shape index (κ1) is 20.3. The van der Waals surface area contributed by atoms with Crippen molar-refractivity contribution in [2.75, 3.05) is 36.5 Å². The second-order valence-electron chi connectivity index (χ2n) is 8.03. The fraction of sp³-hybridized carbons (Fsp3) is 0.391. The summed E-state index contributed by atoms with van der Waals surface area (Å²) in [6.07, 6.45) is 5.35. The largest absolute Gasteiger partial charge is 0.486 e. The minimum absolute atomic E-state index is 0.237. The summed E-state index contributed by atoms with van der Waals surface area (Å²) in [7, 11) is 0. The zero-order chi connectivity index (χ0) is 21.9. The van der Waals surface area contributed by atoms with Crippen molar-refractivity contribution in [3.63, 3.8) is 0 Å². The van der Waals surface area contributed by atoms with Crippen molar-refractivity contribution in [3.05, 3.63) is 52.1 Å². The van der Waals surface area contributed by atoms with Crippen molar-refractivity contribution in [2.24, 2.45) is 0 Å². The molecule has 0 amide bonds. The molecule has 0 aliphatic carbocycles. The van der Waals surface area contributed by atoms with Gasteiger partial charge >= 0.3 is 0 Å². The Morgan fingerprint density at radius 3 is 2.69 bits per heavy atom. The summed E-state index contributed by atoms with van der Waals surface area (Å²) in [4.78, 5) is 31.1. The van der Waals surface area contributed by atoms with Gasteiger partial charge in [-0.1, -0.05) is 6.07 Å². The summed E-state index contributed by atoms with van der Waals surface area (Å²) < 4.78 is 11.2. The van der Waals surface area contributed by atoms with E-state index in [9.17, 15) is 4.79 Å². The lowest BCUT2D eigenvalue weighted by atomic mass is 10.1. The van der Waals surface area contributed by atoms with E-state index in [1.54, 1.807) is 6.20 Å². The predicted molar refractivity (Wildman–Crippen MR) is 121 cm³/mol. The van der Waals surface area contributed by atoms with Crippen molar-refractivity contribution in [3.8, 4) is 22.8 Å². The van der Waals surface area contributed by atoms with Gasteiger partial charge in [-0.25, -0.2) is 15.0 Å². The minimum atomic E-state index is -0.237. The topological polar surface area (TPSA) is 105 Å². The highest BCUT2D eigenvalue weighted by atomic mass is 16.6. The molecule has 0 unspecified atom stereocenters. The molecule has 0 radical (unpaired) electrons. The number of benzene rings is 1. The summed E-state index contributed by atoms with van der Waals surface area (Å²) in [5.74, 6) is 2.61. The van der Waals surface area contributed by atoms with Crippen LogP contribution in [-0.2, 0) is 6.54 Å². The molecule has 1 fully saturated rings. The van der Waals surface area contributed by atoms with Crippen molar-refractivity contribution >= 4 is 11.9 Å². The maximum Gasteiger partial charge on any atom is 0.252 e. The van der Waals surface area contributed by atoms with Gasteiger partial charge in [0.1, 0.15) is 13.2 Å². The van der Waals surface area contributed by atoms with Crippen LogP contribution in [0.4, 0.5) is 11.9 Å². The van der Waals surface area contributed by atoms with Crippen molar-refractivity contribution in [1.29, 1.82) is 0 Å². The molecule has 32 heavy (non-hydrogen) atoms. The standard InChI is InChI=1S/C23H26N6O3/c1-15-17(14-25-23(26-15)29-7-3-2-4-8-29)18-12-21(30)28-22(27-18)24-13-16-5-6-19-20(11-16)32-10-9-31-19/h5-6,11-12,14H,2-4,7-10,13H2,1H3,(H2,24,27,28,30).